The molecule has 0 spiro atoms. The number of anilines is 1. The lowest BCUT2D eigenvalue weighted by molar-refractivity contribution is 0.851. The molecule has 0 radical (unpaired) electrons. The van der Waals surface area contributed by atoms with Gasteiger partial charge in [-0.25, -0.2) is 0 Å². The van der Waals surface area contributed by atoms with Crippen molar-refractivity contribution in [2.45, 2.75) is 26.7 Å². The summed E-state index contributed by atoms with van der Waals surface area (Å²) in [5.41, 5.74) is 12.8. The van der Waals surface area contributed by atoms with Crippen LogP contribution in [0.2, 0.25) is 0 Å². The standard InChI is InChI=1S/C19H20N2/c1-12(2)18-13(3)21-17-10-9-15(11-16(17)19(18)20)14-7-5-4-6-8-14/h4-12H,1-3H3,(H2,20,21). The van der Waals surface area contributed by atoms with E-state index >= 15 is 0 Å². The van der Waals surface area contributed by atoms with Crippen molar-refractivity contribution < 1.29 is 0 Å². The van der Waals surface area contributed by atoms with Crippen LogP contribution in [0.25, 0.3) is 22.0 Å². The van der Waals surface area contributed by atoms with Crippen molar-refractivity contribution >= 4 is 16.6 Å². The SMILES string of the molecule is Cc1nc2ccc(-c3ccccc3)cc2c(N)c1C(C)C. The molecule has 3 aromatic rings. The van der Waals surface area contributed by atoms with Crippen LogP contribution < -0.4 is 5.73 Å². The summed E-state index contributed by atoms with van der Waals surface area (Å²) >= 11 is 0. The van der Waals surface area contributed by atoms with Crippen LogP contribution in [0.5, 0.6) is 0 Å². The van der Waals surface area contributed by atoms with Gasteiger partial charge in [-0.1, -0.05) is 50.2 Å². The van der Waals surface area contributed by atoms with Gasteiger partial charge in [0.15, 0.2) is 0 Å². The van der Waals surface area contributed by atoms with Gasteiger partial charge in [0.2, 0.25) is 0 Å². The van der Waals surface area contributed by atoms with E-state index in [1.165, 1.54) is 11.1 Å². The molecule has 0 aliphatic heterocycles. The summed E-state index contributed by atoms with van der Waals surface area (Å²) in [5.74, 6) is 0.377. The maximum absolute atomic E-state index is 6.43. The number of rotatable bonds is 2. The number of pyridine rings is 1. The number of benzene rings is 2. The van der Waals surface area contributed by atoms with Gasteiger partial charge >= 0.3 is 0 Å². The van der Waals surface area contributed by atoms with Crippen molar-refractivity contribution in [3.8, 4) is 11.1 Å². The van der Waals surface area contributed by atoms with Crippen LogP contribution in [0, 0.1) is 6.92 Å². The summed E-state index contributed by atoms with van der Waals surface area (Å²) < 4.78 is 0. The van der Waals surface area contributed by atoms with E-state index in [-0.39, 0.29) is 0 Å². The Morgan fingerprint density at radius 1 is 0.952 bits per heavy atom. The first-order valence-electron chi connectivity index (χ1n) is 7.33. The van der Waals surface area contributed by atoms with Gasteiger partial charge in [0.1, 0.15) is 0 Å². The first-order chi connectivity index (χ1) is 10.1. The fourth-order valence-electron chi connectivity index (χ4n) is 2.97. The topological polar surface area (TPSA) is 38.9 Å². The van der Waals surface area contributed by atoms with Crippen molar-refractivity contribution in [1.82, 2.24) is 4.98 Å². The van der Waals surface area contributed by atoms with Crippen molar-refractivity contribution in [2.24, 2.45) is 0 Å². The molecule has 2 aromatic carbocycles. The highest BCUT2D eigenvalue weighted by Crippen LogP contribution is 2.33. The van der Waals surface area contributed by atoms with Crippen LogP contribution in [-0.4, -0.2) is 4.98 Å². The lowest BCUT2D eigenvalue weighted by atomic mass is 9.95. The fourth-order valence-corrected chi connectivity index (χ4v) is 2.97. The van der Waals surface area contributed by atoms with Crippen molar-refractivity contribution in [3.05, 3.63) is 59.8 Å². The molecule has 106 valence electrons. The lowest BCUT2D eigenvalue weighted by Gasteiger charge is -2.15. The Kier molecular flexibility index (Phi) is 3.38. The number of aromatic nitrogens is 1. The maximum Gasteiger partial charge on any atom is 0.0726 e. The summed E-state index contributed by atoms with van der Waals surface area (Å²) in [6.07, 6.45) is 0. The molecule has 0 atom stereocenters. The number of nitrogens with zero attached hydrogens (tertiary/aromatic N) is 1. The second-order valence-corrected chi connectivity index (χ2v) is 5.78. The minimum atomic E-state index is 0.377. The molecule has 0 aliphatic rings. The second-order valence-electron chi connectivity index (χ2n) is 5.78. The molecule has 2 N–H and O–H groups in total. The zero-order chi connectivity index (χ0) is 15.0. The molecule has 0 unspecified atom stereocenters. The third-order valence-electron chi connectivity index (χ3n) is 3.94. The highest BCUT2D eigenvalue weighted by Gasteiger charge is 2.13. The highest BCUT2D eigenvalue weighted by atomic mass is 14.7. The Morgan fingerprint density at radius 3 is 2.33 bits per heavy atom. The Bertz CT molecular complexity index is 790. The zero-order valence-corrected chi connectivity index (χ0v) is 12.7. The van der Waals surface area contributed by atoms with Crippen molar-refractivity contribution in [3.63, 3.8) is 0 Å². The number of hydrogen-bond acceptors (Lipinski definition) is 2. The maximum atomic E-state index is 6.43. The average Bonchev–Trinajstić information content (AvgIpc) is 2.47. The van der Waals surface area contributed by atoms with Crippen molar-refractivity contribution in [2.75, 3.05) is 5.73 Å². The van der Waals surface area contributed by atoms with Gasteiger partial charge in [-0.05, 0) is 41.7 Å². The molecule has 2 nitrogen and oxygen atoms in total. The molecule has 3 rings (SSSR count). The number of aryl methyl sites for hydroxylation is 1. The van der Waals surface area contributed by atoms with E-state index in [1.807, 2.05) is 13.0 Å². The lowest BCUT2D eigenvalue weighted by Crippen LogP contribution is -2.03. The van der Waals surface area contributed by atoms with E-state index in [0.29, 0.717) is 5.92 Å². The Labute approximate surface area is 125 Å². The highest BCUT2D eigenvalue weighted by molar-refractivity contribution is 5.95. The minimum absolute atomic E-state index is 0.377. The molecular weight excluding hydrogens is 256 g/mol. The molecule has 1 aromatic heterocycles. The van der Waals surface area contributed by atoms with Gasteiger partial charge in [0.05, 0.1) is 5.52 Å². The number of hydrogen-bond donors (Lipinski definition) is 1. The normalized spacial score (nSPS) is 11.2. The van der Waals surface area contributed by atoms with Gasteiger partial charge < -0.3 is 5.73 Å². The third kappa shape index (κ3) is 2.38. The van der Waals surface area contributed by atoms with Crippen LogP contribution in [0.1, 0.15) is 31.0 Å². The van der Waals surface area contributed by atoms with Crippen LogP contribution in [0.15, 0.2) is 48.5 Å². The summed E-state index contributed by atoms with van der Waals surface area (Å²) in [5, 5.41) is 1.05. The van der Waals surface area contributed by atoms with Gasteiger partial charge in [0, 0.05) is 16.8 Å². The summed E-state index contributed by atoms with van der Waals surface area (Å²) in [7, 11) is 0. The van der Waals surface area contributed by atoms with Crippen LogP contribution in [0.4, 0.5) is 5.69 Å². The molecule has 0 bridgehead atoms. The molecule has 0 aliphatic carbocycles. The molecule has 0 amide bonds. The Morgan fingerprint density at radius 2 is 1.67 bits per heavy atom. The number of nitrogens with two attached hydrogens (primary N) is 1. The number of nitrogen functional groups attached to an aromatic ring is 1. The molecule has 0 saturated heterocycles. The molecule has 0 fully saturated rings. The van der Waals surface area contributed by atoms with E-state index in [9.17, 15) is 0 Å². The minimum Gasteiger partial charge on any atom is -0.398 e. The fraction of sp³-hybridized carbons (Fsp3) is 0.211. The summed E-state index contributed by atoms with van der Waals surface area (Å²) in [6, 6.07) is 16.7. The Hall–Kier alpha value is -2.35. The quantitative estimate of drug-likeness (QED) is 0.721. The summed E-state index contributed by atoms with van der Waals surface area (Å²) in [4.78, 5) is 4.71. The van der Waals surface area contributed by atoms with E-state index in [1.54, 1.807) is 0 Å². The van der Waals surface area contributed by atoms with Gasteiger partial charge in [0.25, 0.3) is 0 Å². The predicted octanol–water partition coefficient (Wildman–Crippen LogP) is 4.92. The first-order valence-corrected chi connectivity index (χ1v) is 7.33. The van der Waals surface area contributed by atoms with E-state index < -0.39 is 0 Å². The van der Waals surface area contributed by atoms with E-state index in [4.69, 9.17) is 10.7 Å². The van der Waals surface area contributed by atoms with Gasteiger partial charge in [-0.3, -0.25) is 4.98 Å². The smallest absolute Gasteiger partial charge is 0.0726 e. The molecule has 0 saturated carbocycles. The number of fused-ring (bicyclic) bond motifs is 1. The summed E-state index contributed by atoms with van der Waals surface area (Å²) in [6.45, 7) is 6.36. The van der Waals surface area contributed by atoms with Crippen molar-refractivity contribution in [1.29, 1.82) is 0 Å². The molecular formula is C19H20N2. The van der Waals surface area contributed by atoms with E-state index in [2.05, 4.69) is 56.3 Å². The Balaban J connectivity index is 2.26. The molecule has 1 heterocycles. The zero-order valence-electron chi connectivity index (χ0n) is 12.7. The first kappa shape index (κ1) is 13.6. The van der Waals surface area contributed by atoms with Gasteiger partial charge in [-0.15, -0.1) is 0 Å². The largest absolute Gasteiger partial charge is 0.398 e. The average molecular weight is 276 g/mol. The van der Waals surface area contributed by atoms with E-state index in [0.717, 1.165) is 27.8 Å². The third-order valence-corrected chi connectivity index (χ3v) is 3.94. The van der Waals surface area contributed by atoms with Gasteiger partial charge in [-0.2, -0.15) is 0 Å². The monoisotopic (exact) mass is 276 g/mol. The predicted molar refractivity (Wildman–Crippen MR) is 90.4 cm³/mol. The van der Waals surface area contributed by atoms with Crippen LogP contribution in [-0.2, 0) is 0 Å². The van der Waals surface area contributed by atoms with Crippen LogP contribution >= 0.6 is 0 Å². The molecule has 2 heteroatoms. The van der Waals surface area contributed by atoms with Crippen LogP contribution in [0.3, 0.4) is 0 Å². The molecule has 21 heavy (non-hydrogen) atoms. The second kappa shape index (κ2) is 5.21.